The van der Waals surface area contributed by atoms with Gasteiger partial charge < -0.3 is 4.57 Å². The van der Waals surface area contributed by atoms with E-state index in [1.165, 1.54) is 5.56 Å². The highest BCUT2D eigenvalue weighted by molar-refractivity contribution is 9.10. The average molecular weight is 292 g/mol. The van der Waals surface area contributed by atoms with Crippen molar-refractivity contribution in [2.24, 2.45) is 7.05 Å². The van der Waals surface area contributed by atoms with Crippen molar-refractivity contribution >= 4 is 15.9 Å². The van der Waals surface area contributed by atoms with Crippen molar-refractivity contribution in [2.45, 2.75) is 13.3 Å². The molecule has 3 heteroatoms. The first-order chi connectivity index (χ1) is 8.15. The van der Waals surface area contributed by atoms with Crippen molar-refractivity contribution in [1.29, 1.82) is 0 Å². The van der Waals surface area contributed by atoms with Gasteiger partial charge >= 0.3 is 0 Å². The van der Waals surface area contributed by atoms with Crippen LogP contribution in [0, 0.1) is 0 Å². The Morgan fingerprint density at radius 1 is 1.18 bits per heavy atom. The lowest BCUT2D eigenvalue weighted by Gasteiger charge is -2.12. The van der Waals surface area contributed by atoms with Gasteiger partial charge in [-0.2, -0.15) is 0 Å². The minimum Gasteiger partial charge on any atom is -0.310 e. The van der Waals surface area contributed by atoms with Crippen LogP contribution in [0.2, 0.25) is 0 Å². The van der Waals surface area contributed by atoms with E-state index in [4.69, 9.17) is 0 Å². The van der Waals surface area contributed by atoms with Crippen molar-refractivity contribution in [3.05, 3.63) is 56.8 Å². The van der Waals surface area contributed by atoms with Gasteiger partial charge in [0.1, 0.15) is 0 Å². The average Bonchev–Trinajstić information content (AvgIpc) is 2.36. The van der Waals surface area contributed by atoms with Gasteiger partial charge in [0.05, 0.1) is 10.2 Å². The summed E-state index contributed by atoms with van der Waals surface area (Å²) in [7, 11) is 1.80. The summed E-state index contributed by atoms with van der Waals surface area (Å²) >= 11 is 3.25. The van der Waals surface area contributed by atoms with Crippen LogP contribution >= 0.6 is 15.9 Å². The maximum Gasteiger partial charge on any atom is 0.265 e. The molecule has 17 heavy (non-hydrogen) atoms. The zero-order valence-electron chi connectivity index (χ0n) is 9.90. The van der Waals surface area contributed by atoms with Crippen LogP contribution in [0.15, 0.2) is 45.7 Å². The van der Waals surface area contributed by atoms with Gasteiger partial charge in [0, 0.05) is 12.6 Å². The third-order valence-corrected chi connectivity index (χ3v) is 3.54. The summed E-state index contributed by atoms with van der Waals surface area (Å²) in [4.78, 5) is 11.9. The van der Waals surface area contributed by atoms with Gasteiger partial charge in [-0.25, -0.2) is 0 Å². The number of hydrogen-bond acceptors (Lipinski definition) is 1. The molecule has 2 nitrogen and oxygen atoms in total. The van der Waals surface area contributed by atoms with Gasteiger partial charge in [0.25, 0.3) is 5.56 Å². The molecule has 88 valence electrons. The second kappa shape index (κ2) is 4.88. The number of pyridine rings is 1. The standard InChI is InChI=1S/C14H14BrNO/c1-3-10-6-4-5-7-11(10)13-9-8-12(15)14(17)16(13)2/h4-9H,3H2,1-2H3. The molecule has 0 aliphatic carbocycles. The van der Waals surface area contributed by atoms with E-state index in [1.54, 1.807) is 11.6 Å². The summed E-state index contributed by atoms with van der Waals surface area (Å²) in [6.45, 7) is 2.12. The molecule has 0 amide bonds. The molecule has 1 heterocycles. The summed E-state index contributed by atoms with van der Waals surface area (Å²) in [5.74, 6) is 0. The Kier molecular flexibility index (Phi) is 3.48. The number of aromatic nitrogens is 1. The molecule has 0 saturated heterocycles. The first kappa shape index (κ1) is 12.1. The zero-order valence-corrected chi connectivity index (χ0v) is 11.5. The third-order valence-electron chi connectivity index (χ3n) is 2.93. The van der Waals surface area contributed by atoms with Crippen LogP contribution < -0.4 is 5.56 Å². The van der Waals surface area contributed by atoms with Gasteiger partial charge in [-0.1, -0.05) is 31.2 Å². The molecule has 1 aromatic carbocycles. The Labute approximate surface area is 109 Å². The smallest absolute Gasteiger partial charge is 0.265 e. The Bertz CT molecular complexity index is 601. The van der Waals surface area contributed by atoms with Gasteiger partial charge in [-0.05, 0) is 40.0 Å². The minimum atomic E-state index is -0.00611. The van der Waals surface area contributed by atoms with Gasteiger partial charge in [-0.3, -0.25) is 4.79 Å². The van der Waals surface area contributed by atoms with E-state index in [0.29, 0.717) is 4.47 Å². The largest absolute Gasteiger partial charge is 0.310 e. The normalized spacial score (nSPS) is 10.5. The highest BCUT2D eigenvalue weighted by Crippen LogP contribution is 2.23. The van der Waals surface area contributed by atoms with E-state index in [9.17, 15) is 4.79 Å². The molecule has 0 bridgehead atoms. The summed E-state index contributed by atoms with van der Waals surface area (Å²) in [5.41, 5.74) is 3.33. The van der Waals surface area contributed by atoms with Gasteiger partial charge in [-0.15, -0.1) is 0 Å². The number of benzene rings is 1. The highest BCUT2D eigenvalue weighted by atomic mass is 79.9. The lowest BCUT2D eigenvalue weighted by molar-refractivity contribution is 0.861. The summed E-state index contributed by atoms with van der Waals surface area (Å²) in [6.07, 6.45) is 0.959. The molecular weight excluding hydrogens is 278 g/mol. The maximum absolute atomic E-state index is 11.9. The minimum absolute atomic E-state index is 0.00611. The van der Waals surface area contributed by atoms with Crippen LogP contribution in [0.25, 0.3) is 11.3 Å². The molecule has 1 aromatic heterocycles. The van der Waals surface area contributed by atoms with Crippen LogP contribution in [0.1, 0.15) is 12.5 Å². The van der Waals surface area contributed by atoms with Crippen LogP contribution in [0.3, 0.4) is 0 Å². The molecule has 0 fully saturated rings. The number of rotatable bonds is 2. The lowest BCUT2D eigenvalue weighted by Crippen LogP contribution is -2.18. The van der Waals surface area contributed by atoms with Crippen molar-refractivity contribution in [3.8, 4) is 11.3 Å². The number of hydrogen-bond donors (Lipinski definition) is 0. The third kappa shape index (κ3) is 2.20. The van der Waals surface area contributed by atoms with E-state index in [-0.39, 0.29) is 5.56 Å². The molecule has 0 unspecified atom stereocenters. The van der Waals surface area contributed by atoms with E-state index in [2.05, 4.69) is 35.0 Å². The fourth-order valence-electron chi connectivity index (χ4n) is 1.95. The molecule has 0 aliphatic heterocycles. The Morgan fingerprint density at radius 2 is 1.88 bits per heavy atom. The highest BCUT2D eigenvalue weighted by Gasteiger charge is 2.08. The monoisotopic (exact) mass is 291 g/mol. The quantitative estimate of drug-likeness (QED) is 0.831. The van der Waals surface area contributed by atoms with Crippen LogP contribution in [0.4, 0.5) is 0 Å². The number of nitrogens with zero attached hydrogens (tertiary/aromatic N) is 1. The zero-order chi connectivity index (χ0) is 12.4. The maximum atomic E-state index is 11.9. The molecule has 0 radical (unpaired) electrons. The predicted octanol–water partition coefficient (Wildman–Crippen LogP) is 3.38. The van der Waals surface area contributed by atoms with E-state index in [1.807, 2.05) is 24.3 Å². The second-order valence-corrected chi connectivity index (χ2v) is 4.80. The van der Waals surface area contributed by atoms with Crippen molar-refractivity contribution in [3.63, 3.8) is 0 Å². The summed E-state index contributed by atoms with van der Waals surface area (Å²) < 4.78 is 2.27. The van der Waals surface area contributed by atoms with Gasteiger partial charge in [0.2, 0.25) is 0 Å². The summed E-state index contributed by atoms with van der Waals surface area (Å²) in [6, 6.07) is 12.0. The van der Waals surface area contributed by atoms with Crippen LogP contribution in [0.5, 0.6) is 0 Å². The Balaban J connectivity index is 2.69. The van der Waals surface area contributed by atoms with E-state index < -0.39 is 0 Å². The lowest BCUT2D eigenvalue weighted by atomic mass is 10.0. The number of aryl methyl sites for hydroxylation is 1. The van der Waals surface area contributed by atoms with Crippen molar-refractivity contribution in [2.75, 3.05) is 0 Å². The Hall–Kier alpha value is -1.35. The van der Waals surface area contributed by atoms with E-state index >= 15 is 0 Å². The van der Waals surface area contributed by atoms with Crippen molar-refractivity contribution < 1.29 is 0 Å². The summed E-state index contributed by atoms with van der Waals surface area (Å²) in [5, 5.41) is 0. The molecular formula is C14H14BrNO. The molecule has 2 aromatic rings. The van der Waals surface area contributed by atoms with Crippen LogP contribution in [-0.2, 0) is 13.5 Å². The van der Waals surface area contributed by atoms with Crippen molar-refractivity contribution in [1.82, 2.24) is 4.57 Å². The molecule has 0 saturated carbocycles. The molecule has 0 spiro atoms. The topological polar surface area (TPSA) is 22.0 Å². The van der Waals surface area contributed by atoms with E-state index in [0.717, 1.165) is 17.7 Å². The second-order valence-electron chi connectivity index (χ2n) is 3.94. The Morgan fingerprint density at radius 3 is 2.59 bits per heavy atom. The first-order valence-electron chi connectivity index (χ1n) is 5.59. The van der Waals surface area contributed by atoms with Gasteiger partial charge in [0.15, 0.2) is 0 Å². The fraction of sp³-hybridized carbons (Fsp3) is 0.214. The molecule has 0 aliphatic rings. The molecule has 0 atom stereocenters. The first-order valence-corrected chi connectivity index (χ1v) is 6.38. The number of halogens is 1. The SMILES string of the molecule is CCc1ccccc1-c1ccc(Br)c(=O)n1C. The fourth-order valence-corrected chi connectivity index (χ4v) is 2.35. The predicted molar refractivity (Wildman–Crippen MR) is 74.2 cm³/mol. The molecule has 0 N–H and O–H groups in total. The van der Waals surface area contributed by atoms with Crippen LogP contribution in [-0.4, -0.2) is 4.57 Å². The molecule has 2 rings (SSSR count).